The van der Waals surface area contributed by atoms with Crippen molar-refractivity contribution in [1.82, 2.24) is 14.9 Å². The Labute approximate surface area is 186 Å². The number of carbonyl (C=O) groups excluding carboxylic acids is 1. The standard InChI is InChI=1S/C26H26N4O2/c27-24(31)19-8-6-18(7-9-19)23-16-29-25-22(23)14-21(15-28-25)17-4-10-20(11-5-17)26(32)30-12-2-1-3-13-30/h4-11,14-16,24,31H,1-3,12-13,27H2,(H,28,29). The number of rotatable bonds is 4. The van der Waals surface area contributed by atoms with Gasteiger partial charge >= 0.3 is 0 Å². The lowest BCUT2D eigenvalue weighted by Gasteiger charge is -2.26. The fraction of sp³-hybridized carbons (Fsp3) is 0.231. The molecule has 0 aliphatic carbocycles. The Morgan fingerprint density at radius 3 is 2.34 bits per heavy atom. The molecule has 3 heterocycles. The van der Waals surface area contributed by atoms with Crippen LogP contribution in [0.25, 0.3) is 33.3 Å². The predicted octanol–water partition coefficient (Wildman–Crippen LogP) is 4.47. The van der Waals surface area contributed by atoms with E-state index in [4.69, 9.17) is 5.73 Å². The third-order valence-electron chi connectivity index (χ3n) is 6.20. The van der Waals surface area contributed by atoms with Crippen LogP contribution in [0.15, 0.2) is 67.0 Å². The normalized spacial score (nSPS) is 15.1. The van der Waals surface area contributed by atoms with Crippen LogP contribution in [0.3, 0.4) is 0 Å². The molecule has 5 rings (SSSR count). The summed E-state index contributed by atoms with van der Waals surface area (Å²) in [7, 11) is 0. The number of likely N-dealkylation sites (tertiary alicyclic amines) is 1. The zero-order valence-electron chi connectivity index (χ0n) is 17.8. The third-order valence-corrected chi connectivity index (χ3v) is 6.20. The zero-order valence-corrected chi connectivity index (χ0v) is 17.8. The Kier molecular flexibility index (Phi) is 5.47. The van der Waals surface area contributed by atoms with Gasteiger partial charge in [0.1, 0.15) is 11.9 Å². The van der Waals surface area contributed by atoms with Gasteiger partial charge in [-0.1, -0.05) is 36.4 Å². The lowest BCUT2D eigenvalue weighted by atomic mass is 10.0. The number of amides is 1. The first kappa shape index (κ1) is 20.4. The van der Waals surface area contributed by atoms with Gasteiger partial charge in [-0.2, -0.15) is 0 Å². The number of aliphatic hydroxyl groups is 1. The highest BCUT2D eigenvalue weighted by atomic mass is 16.3. The molecule has 32 heavy (non-hydrogen) atoms. The number of piperidine rings is 1. The van der Waals surface area contributed by atoms with Crippen LogP contribution in [0.2, 0.25) is 0 Å². The summed E-state index contributed by atoms with van der Waals surface area (Å²) in [5.41, 5.74) is 11.8. The maximum absolute atomic E-state index is 12.7. The van der Waals surface area contributed by atoms with Gasteiger partial charge in [-0.3, -0.25) is 4.79 Å². The molecule has 6 heteroatoms. The number of H-pyrrole nitrogens is 1. The van der Waals surface area contributed by atoms with E-state index in [0.717, 1.165) is 64.8 Å². The molecule has 0 radical (unpaired) electrons. The van der Waals surface area contributed by atoms with E-state index in [2.05, 4.69) is 16.0 Å². The van der Waals surface area contributed by atoms with E-state index in [9.17, 15) is 9.90 Å². The van der Waals surface area contributed by atoms with Crippen molar-refractivity contribution < 1.29 is 9.90 Å². The van der Waals surface area contributed by atoms with Crippen molar-refractivity contribution in [3.05, 3.63) is 78.1 Å². The number of nitrogens with two attached hydrogens (primary N) is 1. The van der Waals surface area contributed by atoms with Crippen LogP contribution in [-0.2, 0) is 0 Å². The molecule has 4 aromatic rings. The van der Waals surface area contributed by atoms with Gasteiger partial charge in [0.2, 0.25) is 0 Å². The van der Waals surface area contributed by atoms with Crippen molar-refractivity contribution in [3.63, 3.8) is 0 Å². The van der Waals surface area contributed by atoms with Gasteiger partial charge in [0.05, 0.1) is 0 Å². The Morgan fingerprint density at radius 1 is 0.969 bits per heavy atom. The molecule has 0 spiro atoms. The van der Waals surface area contributed by atoms with Crippen LogP contribution in [0.4, 0.5) is 0 Å². The number of aromatic nitrogens is 2. The lowest BCUT2D eigenvalue weighted by Crippen LogP contribution is -2.35. The summed E-state index contributed by atoms with van der Waals surface area (Å²) in [5, 5.41) is 10.6. The second kappa shape index (κ2) is 8.57. The number of carbonyl (C=O) groups is 1. The second-order valence-electron chi connectivity index (χ2n) is 8.32. The molecule has 1 unspecified atom stereocenters. The van der Waals surface area contributed by atoms with E-state index in [0.29, 0.717) is 5.56 Å². The summed E-state index contributed by atoms with van der Waals surface area (Å²) in [6.07, 6.45) is 6.19. The number of nitrogens with zero attached hydrogens (tertiary/aromatic N) is 2. The summed E-state index contributed by atoms with van der Waals surface area (Å²) in [6.45, 7) is 1.70. The molecule has 1 aliphatic rings. The Bertz CT molecular complexity index is 1240. The summed E-state index contributed by atoms with van der Waals surface area (Å²) in [5.74, 6) is 0.115. The molecular weight excluding hydrogens is 400 g/mol. The fourth-order valence-electron chi connectivity index (χ4n) is 4.34. The fourth-order valence-corrected chi connectivity index (χ4v) is 4.34. The first-order chi connectivity index (χ1) is 15.6. The molecular formula is C26H26N4O2. The van der Waals surface area contributed by atoms with E-state index >= 15 is 0 Å². The molecule has 162 valence electrons. The van der Waals surface area contributed by atoms with Crippen molar-refractivity contribution in [2.24, 2.45) is 5.73 Å². The highest BCUT2D eigenvalue weighted by molar-refractivity contribution is 5.97. The van der Waals surface area contributed by atoms with Crippen molar-refractivity contribution >= 4 is 16.9 Å². The minimum absolute atomic E-state index is 0.115. The average Bonchev–Trinajstić information content (AvgIpc) is 3.27. The van der Waals surface area contributed by atoms with Crippen molar-refractivity contribution in [2.45, 2.75) is 25.5 Å². The van der Waals surface area contributed by atoms with Gasteiger partial charge < -0.3 is 20.7 Å². The van der Waals surface area contributed by atoms with E-state index in [1.807, 2.05) is 65.8 Å². The molecule has 2 aromatic heterocycles. The first-order valence-electron chi connectivity index (χ1n) is 11.0. The number of hydrogen-bond donors (Lipinski definition) is 3. The number of aromatic amines is 1. The van der Waals surface area contributed by atoms with Gasteiger partial charge in [0, 0.05) is 47.6 Å². The number of fused-ring (bicyclic) bond motifs is 1. The van der Waals surface area contributed by atoms with Gasteiger partial charge in [0.25, 0.3) is 5.91 Å². The highest BCUT2D eigenvalue weighted by Gasteiger charge is 2.18. The summed E-state index contributed by atoms with van der Waals surface area (Å²) >= 11 is 0. The first-order valence-corrected chi connectivity index (χ1v) is 11.0. The monoisotopic (exact) mass is 426 g/mol. The SMILES string of the molecule is NC(O)c1ccc(-c2c[nH]c3ncc(-c4ccc(C(=O)N5CCCCC5)cc4)cc23)cc1. The van der Waals surface area contributed by atoms with Crippen molar-refractivity contribution in [3.8, 4) is 22.3 Å². The molecule has 6 nitrogen and oxygen atoms in total. The average molecular weight is 427 g/mol. The van der Waals surface area contributed by atoms with Gasteiger partial charge in [-0.05, 0) is 54.2 Å². The quantitative estimate of drug-likeness (QED) is 0.420. The van der Waals surface area contributed by atoms with E-state index in [1.165, 1.54) is 6.42 Å². The zero-order chi connectivity index (χ0) is 22.1. The molecule has 1 aliphatic heterocycles. The van der Waals surface area contributed by atoms with Crippen LogP contribution < -0.4 is 5.73 Å². The number of aliphatic hydroxyl groups excluding tert-OH is 1. The number of benzene rings is 2. The van der Waals surface area contributed by atoms with Crippen LogP contribution in [0, 0.1) is 0 Å². The van der Waals surface area contributed by atoms with Crippen LogP contribution in [-0.4, -0.2) is 39.0 Å². The Morgan fingerprint density at radius 2 is 1.66 bits per heavy atom. The van der Waals surface area contributed by atoms with E-state index in [-0.39, 0.29) is 5.91 Å². The van der Waals surface area contributed by atoms with Crippen LogP contribution in [0.1, 0.15) is 41.4 Å². The number of nitrogens with one attached hydrogen (secondary N) is 1. The van der Waals surface area contributed by atoms with E-state index < -0.39 is 6.23 Å². The van der Waals surface area contributed by atoms with Gasteiger partial charge in [-0.25, -0.2) is 4.98 Å². The summed E-state index contributed by atoms with van der Waals surface area (Å²) in [6, 6.07) is 17.5. The van der Waals surface area contributed by atoms with Crippen LogP contribution in [0.5, 0.6) is 0 Å². The van der Waals surface area contributed by atoms with Gasteiger partial charge in [-0.15, -0.1) is 0 Å². The summed E-state index contributed by atoms with van der Waals surface area (Å²) in [4.78, 5) is 22.5. The van der Waals surface area contributed by atoms with Crippen molar-refractivity contribution in [2.75, 3.05) is 13.1 Å². The second-order valence-corrected chi connectivity index (χ2v) is 8.32. The Balaban J connectivity index is 1.43. The maximum atomic E-state index is 12.7. The molecule has 0 bridgehead atoms. The van der Waals surface area contributed by atoms with Crippen molar-refractivity contribution in [1.29, 1.82) is 0 Å². The van der Waals surface area contributed by atoms with E-state index in [1.54, 1.807) is 0 Å². The minimum Gasteiger partial charge on any atom is -0.375 e. The molecule has 0 saturated carbocycles. The van der Waals surface area contributed by atoms with Crippen LogP contribution >= 0.6 is 0 Å². The topological polar surface area (TPSA) is 95.2 Å². The molecule has 1 fully saturated rings. The number of pyridine rings is 1. The molecule has 1 amide bonds. The largest absolute Gasteiger partial charge is 0.375 e. The summed E-state index contributed by atoms with van der Waals surface area (Å²) < 4.78 is 0. The molecule has 4 N–H and O–H groups in total. The predicted molar refractivity (Wildman–Crippen MR) is 126 cm³/mol. The molecule has 1 atom stereocenters. The lowest BCUT2D eigenvalue weighted by molar-refractivity contribution is 0.0724. The smallest absolute Gasteiger partial charge is 0.253 e. The highest BCUT2D eigenvalue weighted by Crippen LogP contribution is 2.31. The Hall–Kier alpha value is -3.48. The number of hydrogen-bond acceptors (Lipinski definition) is 4. The minimum atomic E-state index is -0.981. The molecule has 2 aromatic carbocycles. The maximum Gasteiger partial charge on any atom is 0.253 e. The molecule has 1 saturated heterocycles. The third kappa shape index (κ3) is 3.90. The van der Waals surface area contributed by atoms with Gasteiger partial charge in [0.15, 0.2) is 0 Å².